The van der Waals surface area contributed by atoms with Gasteiger partial charge in [0.25, 0.3) is 5.91 Å². The maximum Gasteiger partial charge on any atom is 0.333 e. The zero-order valence-corrected chi connectivity index (χ0v) is 13.0. The molecule has 4 bridgehead atoms. The molecule has 4 aliphatic rings. The fourth-order valence-electron chi connectivity index (χ4n) is 5.22. The van der Waals surface area contributed by atoms with E-state index in [1.54, 1.807) is 24.5 Å². The predicted molar refractivity (Wildman–Crippen MR) is 84.3 cm³/mol. The molecule has 0 unspecified atom stereocenters. The lowest BCUT2D eigenvalue weighted by Gasteiger charge is -2.56. The van der Waals surface area contributed by atoms with Crippen molar-refractivity contribution < 1.29 is 9.59 Å². The van der Waals surface area contributed by atoms with E-state index in [0.717, 1.165) is 37.0 Å². The van der Waals surface area contributed by atoms with Crippen LogP contribution in [0, 0.1) is 17.8 Å². The number of amides is 3. The van der Waals surface area contributed by atoms with Gasteiger partial charge in [-0.15, -0.1) is 0 Å². The Morgan fingerprint density at radius 1 is 0.957 bits per heavy atom. The molecule has 6 heteroatoms. The molecule has 122 valence electrons. The number of hydrazine groups is 1. The van der Waals surface area contributed by atoms with Gasteiger partial charge in [0.15, 0.2) is 0 Å². The van der Waals surface area contributed by atoms with Crippen LogP contribution in [0.4, 0.5) is 4.79 Å². The van der Waals surface area contributed by atoms with Crippen LogP contribution in [0.3, 0.4) is 0 Å². The van der Waals surface area contributed by atoms with Crippen molar-refractivity contribution in [1.29, 1.82) is 0 Å². The molecule has 0 aromatic carbocycles. The van der Waals surface area contributed by atoms with Crippen molar-refractivity contribution in [2.45, 2.75) is 44.1 Å². The molecule has 3 amide bonds. The lowest BCUT2D eigenvalue weighted by atomic mass is 9.53. The molecule has 1 aromatic heterocycles. The lowest BCUT2D eigenvalue weighted by molar-refractivity contribution is -0.0137. The largest absolute Gasteiger partial charge is 0.333 e. The summed E-state index contributed by atoms with van der Waals surface area (Å²) in [6.07, 6.45) is 10.4. The Hall–Kier alpha value is -2.11. The second kappa shape index (κ2) is 5.51. The van der Waals surface area contributed by atoms with Crippen LogP contribution in [0.25, 0.3) is 0 Å². The second-order valence-electron chi connectivity index (χ2n) is 7.47. The smallest absolute Gasteiger partial charge is 0.331 e. The summed E-state index contributed by atoms with van der Waals surface area (Å²) >= 11 is 0. The summed E-state index contributed by atoms with van der Waals surface area (Å²) in [5, 5.41) is 3.15. The summed E-state index contributed by atoms with van der Waals surface area (Å²) in [5.74, 6) is 1.97. The Morgan fingerprint density at radius 3 is 2.09 bits per heavy atom. The minimum absolute atomic E-state index is 0.0553. The summed E-state index contributed by atoms with van der Waals surface area (Å²) in [4.78, 5) is 28.0. The molecular formula is C17H22N4O2. The first kappa shape index (κ1) is 14.5. The Kier molecular flexibility index (Phi) is 3.47. The van der Waals surface area contributed by atoms with E-state index in [9.17, 15) is 9.59 Å². The highest BCUT2D eigenvalue weighted by molar-refractivity contribution is 5.95. The van der Waals surface area contributed by atoms with E-state index < -0.39 is 0 Å². The van der Waals surface area contributed by atoms with Gasteiger partial charge in [-0.1, -0.05) is 0 Å². The molecule has 3 N–H and O–H groups in total. The van der Waals surface area contributed by atoms with Crippen molar-refractivity contribution in [3.05, 3.63) is 30.1 Å². The number of aromatic nitrogens is 1. The van der Waals surface area contributed by atoms with Crippen LogP contribution in [0.5, 0.6) is 0 Å². The molecule has 4 aliphatic carbocycles. The maximum absolute atomic E-state index is 12.2. The van der Waals surface area contributed by atoms with Gasteiger partial charge in [-0.25, -0.2) is 10.2 Å². The number of carbonyl (C=O) groups is 2. The standard InChI is InChI=1S/C17H22N4O2/c22-15(14-1-3-18-4-2-14)20-21-16(23)19-17-8-11-5-12(9-17)7-13(6-11)10-17/h1-4,11-13H,5-10H2,(H,20,22)(H2,19,21,23). The number of rotatable bonds is 2. The second-order valence-corrected chi connectivity index (χ2v) is 7.47. The van der Waals surface area contributed by atoms with Crippen LogP contribution in [0.2, 0.25) is 0 Å². The number of carbonyl (C=O) groups excluding carboxylic acids is 2. The molecule has 4 saturated carbocycles. The molecule has 6 nitrogen and oxygen atoms in total. The quantitative estimate of drug-likeness (QED) is 0.730. The maximum atomic E-state index is 12.2. The number of nitrogens with one attached hydrogen (secondary N) is 3. The van der Waals surface area contributed by atoms with Gasteiger partial charge in [0.05, 0.1) is 0 Å². The van der Waals surface area contributed by atoms with Crippen LogP contribution >= 0.6 is 0 Å². The molecule has 0 atom stereocenters. The van der Waals surface area contributed by atoms with Crippen molar-refractivity contribution >= 4 is 11.9 Å². The van der Waals surface area contributed by atoms with E-state index >= 15 is 0 Å². The van der Waals surface area contributed by atoms with Gasteiger partial charge in [0, 0.05) is 23.5 Å². The highest BCUT2D eigenvalue weighted by atomic mass is 16.2. The highest BCUT2D eigenvalue weighted by Crippen LogP contribution is 2.55. The first-order chi connectivity index (χ1) is 11.1. The molecule has 4 fully saturated rings. The third-order valence-electron chi connectivity index (χ3n) is 5.65. The van der Waals surface area contributed by atoms with Crippen molar-refractivity contribution in [2.24, 2.45) is 17.8 Å². The molecule has 5 rings (SSSR count). The molecule has 1 heterocycles. The van der Waals surface area contributed by atoms with Crippen LogP contribution < -0.4 is 16.2 Å². The highest BCUT2D eigenvalue weighted by Gasteiger charge is 2.51. The van der Waals surface area contributed by atoms with Gasteiger partial charge in [-0.2, -0.15) is 0 Å². The van der Waals surface area contributed by atoms with E-state index in [4.69, 9.17) is 0 Å². The SMILES string of the molecule is O=C(NNC(=O)c1ccncc1)NC12CC3CC(CC(C3)C1)C2. The molecule has 1 aromatic rings. The molecule has 0 spiro atoms. The molecular weight excluding hydrogens is 292 g/mol. The molecule has 0 radical (unpaired) electrons. The summed E-state index contributed by atoms with van der Waals surface area (Å²) in [7, 11) is 0. The van der Waals surface area contributed by atoms with Gasteiger partial charge in [-0.05, 0) is 68.4 Å². The lowest BCUT2D eigenvalue weighted by Crippen LogP contribution is -2.62. The third-order valence-corrected chi connectivity index (χ3v) is 5.65. The first-order valence-corrected chi connectivity index (χ1v) is 8.40. The molecule has 0 aliphatic heterocycles. The fraction of sp³-hybridized carbons (Fsp3) is 0.588. The number of urea groups is 1. The Morgan fingerprint density at radius 2 is 1.52 bits per heavy atom. The number of nitrogens with zero attached hydrogens (tertiary/aromatic N) is 1. The van der Waals surface area contributed by atoms with E-state index in [1.165, 1.54) is 19.3 Å². The van der Waals surface area contributed by atoms with E-state index in [-0.39, 0.29) is 17.5 Å². The van der Waals surface area contributed by atoms with Gasteiger partial charge >= 0.3 is 6.03 Å². The van der Waals surface area contributed by atoms with Crippen molar-refractivity contribution in [3.63, 3.8) is 0 Å². The summed E-state index contributed by atoms with van der Waals surface area (Å²) in [6.45, 7) is 0. The number of pyridine rings is 1. The summed E-state index contributed by atoms with van der Waals surface area (Å²) in [6, 6.07) is 2.90. The van der Waals surface area contributed by atoms with E-state index in [0.29, 0.717) is 5.56 Å². The van der Waals surface area contributed by atoms with Crippen LogP contribution in [0.1, 0.15) is 48.9 Å². The average molecular weight is 314 g/mol. The van der Waals surface area contributed by atoms with Gasteiger partial charge in [-0.3, -0.25) is 15.2 Å². The van der Waals surface area contributed by atoms with Gasteiger partial charge in [0.2, 0.25) is 0 Å². The van der Waals surface area contributed by atoms with Crippen molar-refractivity contribution in [2.75, 3.05) is 0 Å². The topological polar surface area (TPSA) is 83.1 Å². The van der Waals surface area contributed by atoms with Crippen molar-refractivity contribution in [1.82, 2.24) is 21.2 Å². The minimum atomic E-state index is -0.340. The zero-order valence-electron chi connectivity index (χ0n) is 13.0. The van der Waals surface area contributed by atoms with E-state index in [2.05, 4.69) is 21.2 Å². The zero-order chi connectivity index (χ0) is 15.9. The number of hydrogen-bond acceptors (Lipinski definition) is 3. The minimum Gasteiger partial charge on any atom is -0.331 e. The third kappa shape index (κ3) is 2.90. The monoisotopic (exact) mass is 314 g/mol. The van der Waals surface area contributed by atoms with Crippen molar-refractivity contribution in [3.8, 4) is 0 Å². The molecule has 0 saturated heterocycles. The predicted octanol–water partition coefficient (Wildman–Crippen LogP) is 1.99. The fourth-order valence-corrected chi connectivity index (χ4v) is 5.22. The Bertz CT molecular complexity index is 581. The van der Waals surface area contributed by atoms with E-state index in [1.807, 2.05) is 0 Å². The average Bonchev–Trinajstić information content (AvgIpc) is 2.51. The normalized spacial score (nSPS) is 34.0. The molecule has 23 heavy (non-hydrogen) atoms. The Balaban J connectivity index is 1.33. The summed E-state index contributed by atoms with van der Waals surface area (Å²) < 4.78 is 0. The van der Waals surface area contributed by atoms with Crippen LogP contribution in [-0.2, 0) is 0 Å². The number of hydrogen-bond donors (Lipinski definition) is 3. The van der Waals surface area contributed by atoms with Gasteiger partial charge in [0.1, 0.15) is 0 Å². The summed E-state index contributed by atoms with van der Waals surface area (Å²) in [5.41, 5.74) is 5.35. The van der Waals surface area contributed by atoms with Gasteiger partial charge < -0.3 is 5.32 Å². The van der Waals surface area contributed by atoms with Crippen LogP contribution in [0.15, 0.2) is 24.5 Å². The Labute approximate surface area is 135 Å². The first-order valence-electron chi connectivity index (χ1n) is 8.40. The van der Waals surface area contributed by atoms with Crippen LogP contribution in [-0.4, -0.2) is 22.5 Å².